The normalized spacial score (nSPS) is 11.5. The molecule has 0 bridgehead atoms. The van der Waals surface area contributed by atoms with Crippen molar-refractivity contribution < 1.29 is 8.42 Å². The molecule has 0 aliphatic carbocycles. The molecule has 0 aromatic carbocycles. The molecule has 8 nitrogen and oxygen atoms in total. The number of H-pyrrole nitrogens is 2. The molecular formula is C8H9N5O3S. The molecule has 0 aliphatic rings. The van der Waals surface area contributed by atoms with Gasteiger partial charge >= 0.3 is 0 Å². The van der Waals surface area contributed by atoms with E-state index in [0.717, 1.165) is 12.3 Å². The molecule has 0 aliphatic heterocycles. The molecule has 2 heterocycles. The van der Waals surface area contributed by atoms with Gasteiger partial charge < -0.3 is 4.98 Å². The number of aromatic amines is 2. The Hall–Kier alpha value is -2.00. The molecule has 2 aromatic heterocycles. The second-order valence-electron chi connectivity index (χ2n) is 3.13. The Balaban J connectivity index is 2.20. The highest BCUT2D eigenvalue weighted by Gasteiger charge is 2.17. The van der Waals surface area contributed by atoms with Gasteiger partial charge in [-0.25, -0.2) is 18.1 Å². The van der Waals surface area contributed by atoms with E-state index < -0.39 is 15.5 Å². The maximum atomic E-state index is 11.8. The molecule has 3 N–H and O–H groups in total. The smallest absolute Gasteiger partial charge is 0.246 e. The van der Waals surface area contributed by atoms with E-state index in [1.165, 1.54) is 12.5 Å². The number of pyridine rings is 1. The van der Waals surface area contributed by atoms with E-state index in [-0.39, 0.29) is 11.4 Å². The zero-order valence-electron chi connectivity index (χ0n) is 8.54. The van der Waals surface area contributed by atoms with Crippen LogP contribution in [0.5, 0.6) is 0 Å². The minimum atomic E-state index is -3.85. The number of hydrogen-bond donors (Lipinski definition) is 3. The summed E-state index contributed by atoms with van der Waals surface area (Å²) in [5.41, 5.74) is -0.575. The summed E-state index contributed by atoms with van der Waals surface area (Å²) in [4.78, 5) is 17.3. The van der Waals surface area contributed by atoms with Gasteiger partial charge in [0.1, 0.15) is 17.0 Å². The first kappa shape index (κ1) is 11.5. The number of nitrogens with one attached hydrogen (secondary N) is 3. The van der Waals surface area contributed by atoms with Crippen LogP contribution in [0.4, 0.5) is 0 Å². The molecule has 90 valence electrons. The summed E-state index contributed by atoms with van der Waals surface area (Å²) in [5.74, 6) is 0.362. The van der Waals surface area contributed by atoms with Crippen LogP contribution in [0.15, 0.2) is 34.5 Å². The summed E-state index contributed by atoms with van der Waals surface area (Å²) < 4.78 is 25.7. The highest BCUT2D eigenvalue weighted by molar-refractivity contribution is 7.89. The van der Waals surface area contributed by atoms with Crippen molar-refractivity contribution in [2.75, 3.05) is 0 Å². The minimum Gasteiger partial charge on any atom is -0.366 e. The predicted molar refractivity (Wildman–Crippen MR) is 57.5 cm³/mol. The van der Waals surface area contributed by atoms with Crippen LogP contribution >= 0.6 is 0 Å². The standard InChI is InChI=1S/C8H9N5O3S/c14-6-1-2-9-3-7(6)17(15,16)12-4-8-10-5-11-13-8/h1-3,5,12H,4H2,(H,9,14)(H,10,11,13). The fraction of sp³-hybridized carbons (Fsp3) is 0.125. The molecule has 0 atom stereocenters. The highest BCUT2D eigenvalue weighted by atomic mass is 32.2. The number of rotatable bonds is 4. The molecule has 0 saturated heterocycles. The van der Waals surface area contributed by atoms with Gasteiger partial charge in [0, 0.05) is 18.5 Å². The first-order valence-corrected chi connectivity index (χ1v) is 6.09. The molecule has 2 rings (SSSR count). The van der Waals surface area contributed by atoms with E-state index in [1.807, 2.05) is 0 Å². The fourth-order valence-electron chi connectivity index (χ4n) is 1.17. The monoisotopic (exact) mass is 255 g/mol. The Labute approximate surface area is 96.2 Å². The first-order chi connectivity index (χ1) is 8.09. The van der Waals surface area contributed by atoms with Gasteiger partial charge in [-0.15, -0.1) is 0 Å². The Kier molecular flexibility index (Phi) is 3.02. The fourth-order valence-corrected chi connectivity index (χ4v) is 2.21. The largest absolute Gasteiger partial charge is 0.366 e. The molecule has 0 radical (unpaired) electrons. The van der Waals surface area contributed by atoms with E-state index in [2.05, 4.69) is 24.9 Å². The Morgan fingerprint density at radius 1 is 1.41 bits per heavy atom. The van der Waals surface area contributed by atoms with Crippen molar-refractivity contribution in [1.82, 2.24) is 24.9 Å². The number of aromatic nitrogens is 4. The van der Waals surface area contributed by atoms with Crippen molar-refractivity contribution in [1.29, 1.82) is 0 Å². The van der Waals surface area contributed by atoms with Gasteiger partial charge in [0.15, 0.2) is 0 Å². The lowest BCUT2D eigenvalue weighted by Crippen LogP contribution is -2.28. The van der Waals surface area contributed by atoms with Gasteiger partial charge in [-0.2, -0.15) is 5.10 Å². The third-order valence-electron chi connectivity index (χ3n) is 1.97. The van der Waals surface area contributed by atoms with Crippen molar-refractivity contribution in [2.45, 2.75) is 11.4 Å². The van der Waals surface area contributed by atoms with Crippen molar-refractivity contribution in [3.8, 4) is 0 Å². The van der Waals surface area contributed by atoms with Crippen molar-refractivity contribution >= 4 is 10.0 Å². The van der Waals surface area contributed by atoms with Gasteiger partial charge in [0.05, 0.1) is 6.54 Å². The first-order valence-electron chi connectivity index (χ1n) is 4.60. The SMILES string of the molecule is O=c1cc[nH]cc1S(=O)(=O)NCc1ncn[nH]1. The van der Waals surface area contributed by atoms with Gasteiger partial charge in [0.25, 0.3) is 0 Å². The molecule has 0 fully saturated rings. The van der Waals surface area contributed by atoms with Gasteiger partial charge in [-0.3, -0.25) is 9.89 Å². The van der Waals surface area contributed by atoms with Gasteiger partial charge in [-0.05, 0) is 0 Å². The summed E-state index contributed by atoms with van der Waals surface area (Å²) in [6, 6.07) is 1.14. The summed E-state index contributed by atoms with van der Waals surface area (Å²) in [7, 11) is -3.85. The molecule has 17 heavy (non-hydrogen) atoms. The van der Waals surface area contributed by atoms with Crippen LogP contribution in [0.2, 0.25) is 0 Å². The lowest BCUT2D eigenvalue weighted by molar-refractivity contribution is 0.578. The second kappa shape index (κ2) is 4.47. The summed E-state index contributed by atoms with van der Waals surface area (Å²) in [5, 5.41) is 6.08. The quantitative estimate of drug-likeness (QED) is 0.645. The predicted octanol–water partition coefficient (Wildman–Crippen LogP) is -1.03. The van der Waals surface area contributed by atoms with Crippen LogP contribution in [0.25, 0.3) is 0 Å². The molecule has 0 amide bonds. The number of hydrogen-bond acceptors (Lipinski definition) is 5. The molecule has 9 heteroatoms. The van der Waals surface area contributed by atoms with E-state index in [0.29, 0.717) is 5.82 Å². The van der Waals surface area contributed by atoms with E-state index >= 15 is 0 Å². The van der Waals surface area contributed by atoms with Crippen LogP contribution < -0.4 is 10.2 Å². The van der Waals surface area contributed by atoms with E-state index in [4.69, 9.17) is 0 Å². The summed E-state index contributed by atoms with van der Waals surface area (Å²) in [6.45, 7) is -0.0589. The molecule has 0 saturated carbocycles. The van der Waals surface area contributed by atoms with E-state index in [1.54, 1.807) is 0 Å². The van der Waals surface area contributed by atoms with Crippen LogP contribution in [-0.4, -0.2) is 28.6 Å². The van der Waals surface area contributed by atoms with Crippen molar-refractivity contribution in [3.63, 3.8) is 0 Å². The van der Waals surface area contributed by atoms with E-state index in [9.17, 15) is 13.2 Å². The number of sulfonamides is 1. The van der Waals surface area contributed by atoms with Crippen LogP contribution in [-0.2, 0) is 16.6 Å². The van der Waals surface area contributed by atoms with Gasteiger partial charge in [-0.1, -0.05) is 0 Å². The second-order valence-corrected chi connectivity index (χ2v) is 4.86. The molecule has 0 spiro atoms. The molecule has 0 unspecified atom stereocenters. The van der Waals surface area contributed by atoms with Crippen LogP contribution in [0.3, 0.4) is 0 Å². The summed E-state index contributed by atoms with van der Waals surface area (Å²) in [6.07, 6.45) is 3.75. The van der Waals surface area contributed by atoms with Crippen molar-refractivity contribution in [3.05, 3.63) is 40.8 Å². The zero-order chi connectivity index (χ0) is 12.3. The zero-order valence-corrected chi connectivity index (χ0v) is 9.36. The lowest BCUT2D eigenvalue weighted by atomic mass is 10.5. The maximum absolute atomic E-state index is 11.8. The molecule has 2 aromatic rings. The average Bonchev–Trinajstić information content (AvgIpc) is 2.80. The molecular weight excluding hydrogens is 246 g/mol. The minimum absolute atomic E-state index is 0.0589. The Morgan fingerprint density at radius 2 is 2.24 bits per heavy atom. The topological polar surface area (TPSA) is 121 Å². The summed E-state index contributed by atoms with van der Waals surface area (Å²) >= 11 is 0. The number of nitrogens with zero attached hydrogens (tertiary/aromatic N) is 2. The lowest BCUT2D eigenvalue weighted by Gasteiger charge is -2.03. The maximum Gasteiger partial charge on any atom is 0.246 e. The Bertz CT molecular complexity index is 646. The van der Waals surface area contributed by atoms with Gasteiger partial charge in [0.2, 0.25) is 15.5 Å². The van der Waals surface area contributed by atoms with Crippen molar-refractivity contribution in [2.24, 2.45) is 0 Å². The van der Waals surface area contributed by atoms with Crippen LogP contribution in [0, 0.1) is 0 Å². The highest BCUT2D eigenvalue weighted by Crippen LogP contribution is 2.00. The van der Waals surface area contributed by atoms with Crippen LogP contribution in [0.1, 0.15) is 5.82 Å². The average molecular weight is 255 g/mol. The third-order valence-corrected chi connectivity index (χ3v) is 3.39. The Morgan fingerprint density at radius 3 is 2.88 bits per heavy atom. The third kappa shape index (κ3) is 2.57.